The van der Waals surface area contributed by atoms with Crippen molar-refractivity contribution in [1.29, 1.82) is 0 Å². The van der Waals surface area contributed by atoms with Gasteiger partial charge < -0.3 is 0 Å². The zero-order chi connectivity index (χ0) is 12.6. The molecule has 2 rings (SSSR count). The molecule has 0 fully saturated rings. The quantitative estimate of drug-likeness (QED) is 0.899. The topological polar surface area (TPSA) is 78.0 Å². The number of aromatic nitrogens is 2. The number of rotatable bonds is 2. The maximum Gasteiger partial charge on any atom is 0.255 e. The molecule has 0 amide bonds. The van der Waals surface area contributed by atoms with Gasteiger partial charge in [-0.25, -0.2) is 18.2 Å². The molecule has 0 atom stereocenters. The number of aryl methyl sites for hydroxylation is 1. The van der Waals surface area contributed by atoms with E-state index >= 15 is 0 Å². The van der Waals surface area contributed by atoms with Crippen LogP contribution >= 0.6 is 11.6 Å². The van der Waals surface area contributed by atoms with Crippen molar-refractivity contribution in [2.24, 2.45) is 5.14 Å². The molecule has 1 aromatic carbocycles. The molecule has 1 aromatic heterocycles. The molecule has 0 saturated heterocycles. The first-order chi connectivity index (χ1) is 7.91. The fraction of sp³-hybridized carbons (Fsp3) is 0.100. The molecule has 0 aliphatic heterocycles. The Balaban J connectivity index is 2.71. The van der Waals surface area contributed by atoms with Crippen LogP contribution in [0.2, 0.25) is 5.02 Å². The van der Waals surface area contributed by atoms with Gasteiger partial charge in [0.25, 0.3) is 10.0 Å². The van der Waals surface area contributed by atoms with Crippen LogP contribution in [0.1, 0.15) is 5.56 Å². The molecule has 1 heterocycles. The van der Waals surface area contributed by atoms with Crippen molar-refractivity contribution >= 4 is 21.6 Å². The van der Waals surface area contributed by atoms with E-state index in [0.29, 0.717) is 10.7 Å². The van der Waals surface area contributed by atoms with Gasteiger partial charge >= 0.3 is 0 Å². The summed E-state index contributed by atoms with van der Waals surface area (Å²) in [6.07, 6.45) is 1.36. The molecule has 5 nitrogen and oxygen atoms in total. The highest BCUT2D eigenvalue weighted by Gasteiger charge is 2.17. The van der Waals surface area contributed by atoms with Crippen LogP contribution in [0.4, 0.5) is 0 Å². The number of halogens is 1. The summed E-state index contributed by atoms with van der Waals surface area (Å²) >= 11 is 6.11. The predicted molar refractivity (Wildman–Crippen MR) is 64.7 cm³/mol. The zero-order valence-electron chi connectivity index (χ0n) is 8.96. The molecule has 0 spiro atoms. The molecule has 0 radical (unpaired) electrons. The van der Waals surface area contributed by atoms with E-state index in [9.17, 15) is 8.42 Å². The second kappa shape index (κ2) is 4.14. The maximum atomic E-state index is 11.4. The highest BCUT2D eigenvalue weighted by atomic mass is 35.5. The summed E-state index contributed by atoms with van der Waals surface area (Å²) in [7, 11) is -3.83. The molecule has 2 aromatic rings. The van der Waals surface area contributed by atoms with Crippen molar-refractivity contribution in [3.05, 3.63) is 41.0 Å². The maximum absolute atomic E-state index is 11.4. The van der Waals surface area contributed by atoms with E-state index in [1.165, 1.54) is 16.9 Å². The van der Waals surface area contributed by atoms with Crippen LogP contribution in [0.5, 0.6) is 0 Å². The Labute approximate surface area is 104 Å². The Kier molecular flexibility index (Phi) is 2.94. The minimum absolute atomic E-state index is 0.0926. The van der Waals surface area contributed by atoms with Crippen LogP contribution < -0.4 is 5.14 Å². The fourth-order valence-corrected chi connectivity index (χ4v) is 2.33. The molecule has 90 valence electrons. The van der Waals surface area contributed by atoms with E-state index in [0.717, 1.165) is 5.56 Å². The molecule has 0 unspecified atom stereocenters. The van der Waals surface area contributed by atoms with Crippen molar-refractivity contribution in [2.75, 3.05) is 0 Å². The Morgan fingerprint density at radius 3 is 2.71 bits per heavy atom. The van der Waals surface area contributed by atoms with Gasteiger partial charge in [-0.1, -0.05) is 23.7 Å². The summed E-state index contributed by atoms with van der Waals surface area (Å²) in [5.74, 6) is 0. The second-order valence-corrected chi connectivity index (χ2v) is 5.42. The zero-order valence-corrected chi connectivity index (χ0v) is 10.5. The smallest absolute Gasteiger partial charge is 0.223 e. The molecule has 17 heavy (non-hydrogen) atoms. The third-order valence-corrected chi connectivity index (χ3v) is 3.68. The minimum Gasteiger partial charge on any atom is -0.223 e. The molecule has 7 heteroatoms. The highest BCUT2D eigenvalue weighted by molar-refractivity contribution is 7.89. The van der Waals surface area contributed by atoms with E-state index in [-0.39, 0.29) is 5.03 Å². The normalized spacial score (nSPS) is 11.7. The number of primary sulfonamides is 1. The molecule has 0 aliphatic carbocycles. The van der Waals surface area contributed by atoms with E-state index in [4.69, 9.17) is 16.7 Å². The van der Waals surface area contributed by atoms with Gasteiger partial charge in [0, 0.05) is 0 Å². The Bertz CT molecular complexity index is 664. The van der Waals surface area contributed by atoms with Gasteiger partial charge in [-0.2, -0.15) is 5.10 Å². The summed E-state index contributed by atoms with van der Waals surface area (Å²) in [6, 6.07) is 6.60. The lowest BCUT2D eigenvalue weighted by atomic mass is 10.2. The first-order valence-electron chi connectivity index (χ1n) is 4.73. The standard InChI is InChI=1S/C10H10ClN3O2S/c1-7-3-2-4-8(10(7)11)14-9(5-6-13-14)17(12,15)16/h2-6H,1H3,(H2,12,15,16). The average molecular weight is 272 g/mol. The lowest BCUT2D eigenvalue weighted by Crippen LogP contribution is -2.17. The van der Waals surface area contributed by atoms with Crippen LogP contribution in [0.15, 0.2) is 35.5 Å². The largest absolute Gasteiger partial charge is 0.255 e. The summed E-state index contributed by atoms with van der Waals surface area (Å²) in [5.41, 5.74) is 1.32. The summed E-state index contributed by atoms with van der Waals surface area (Å²) in [5, 5.41) is 9.38. The highest BCUT2D eigenvalue weighted by Crippen LogP contribution is 2.25. The van der Waals surface area contributed by atoms with E-state index in [1.807, 2.05) is 13.0 Å². The number of hydrogen-bond donors (Lipinski definition) is 1. The SMILES string of the molecule is Cc1cccc(-n2nccc2S(N)(=O)=O)c1Cl. The Morgan fingerprint density at radius 1 is 1.35 bits per heavy atom. The molecular formula is C10H10ClN3O2S. The van der Waals surface area contributed by atoms with Gasteiger partial charge in [0.15, 0.2) is 5.03 Å². The monoisotopic (exact) mass is 271 g/mol. The number of sulfonamides is 1. The van der Waals surface area contributed by atoms with Crippen LogP contribution in [-0.2, 0) is 10.0 Å². The molecule has 0 saturated carbocycles. The number of hydrogen-bond acceptors (Lipinski definition) is 3. The van der Waals surface area contributed by atoms with Crippen molar-refractivity contribution in [2.45, 2.75) is 11.9 Å². The Morgan fingerprint density at radius 2 is 2.06 bits per heavy atom. The van der Waals surface area contributed by atoms with Crippen molar-refractivity contribution < 1.29 is 8.42 Å². The first-order valence-corrected chi connectivity index (χ1v) is 6.66. The van der Waals surface area contributed by atoms with Crippen LogP contribution in [0.25, 0.3) is 5.69 Å². The summed E-state index contributed by atoms with van der Waals surface area (Å²) < 4.78 is 23.9. The molecule has 0 aliphatic rings. The summed E-state index contributed by atoms with van der Waals surface area (Å²) in [6.45, 7) is 1.83. The fourth-order valence-electron chi connectivity index (χ4n) is 1.48. The van der Waals surface area contributed by atoms with Gasteiger partial charge in [0.05, 0.1) is 16.9 Å². The van der Waals surface area contributed by atoms with Crippen molar-refractivity contribution in [3.63, 3.8) is 0 Å². The molecule has 0 bridgehead atoms. The van der Waals surface area contributed by atoms with Crippen molar-refractivity contribution in [1.82, 2.24) is 9.78 Å². The molecule has 2 N–H and O–H groups in total. The van der Waals surface area contributed by atoms with Crippen molar-refractivity contribution in [3.8, 4) is 5.69 Å². The van der Waals surface area contributed by atoms with Gasteiger partial charge in [-0.3, -0.25) is 0 Å². The average Bonchev–Trinajstić information content (AvgIpc) is 2.70. The second-order valence-electron chi connectivity index (χ2n) is 3.53. The lowest BCUT2D eigenvalue weighted by Gasteiger charge is -2.09. The minimum atomic E-state index is -3.83. The van der Waals surface area contributed by atoms with Gasteiger partial charge in [-0.05, 0) is 24.6 Å². The first kappa shape index (κ1) is 12.1. The van der Waals surface area contributed by atoms with Gasteiger partial charge in [0.1, 0.15) is 0 Å². The number of benzene rings is 1. The van der Waals surface area contributed by atoms with Gasteiger partial charge in [0.2, 0.25) is 0 Å². The third-order valence-electron chi connectivity index (χ3n) is 2.30. The lowest BCUT2D eigenvalue weighted by molar-refractivity contribution is 0.587. The number of nitrogens with zero attached hydrogens (tertiary/aromatic N) is 2. The predicted octanol–water partition coefficient (Wildman–Crippen LogP) is 1.48. The van der Waals surface area contributed by atoms with Crippen LogP contribution in [0, 0.1) is 6.92 Å². The Hall–Kier alpha value is -1.37. The van der Waals surface area contributed by atoms with Gasteiger partial charge in [-0.15, -0.1) is 0 Å². The molecular weight excluding hydrogens is 262 g/mol. The van der Waals surface area contributed by atoms with E-state index < -0.39 is 10.0 Å². The number of nitrogens with two attached hydrogens (primary N) is 1. The van der Waals surface area contributed by atoms with Crippen LogP contribution in [-0.4, -0.2) is 18.2 Å². The third kappa shape index (κ3) is 2.19. The summed E-state index contributed by atoms with van der Waals surface area (Å²) in [4.78, 5) is 0. The van der Waals surface area contributed by atoms with E-state index in [1.54, 1.807) is 12.1 Å². The van der Waals surface area contributed by atoms with Crippen LogP contribution in [0.3, 0.4) is 0 Å². The van der Waals surface area contributed by atoms with E-state index in [2.05, 4.69) is 5.10 Å².